The van der Waals surface area contributed by atoms with Gasteiger partial charge in [0.25, 0.3) is 0 Å². The Morgan fingerprint density at radius 3 is 2.65 bits per heavy atom. The zero-order chi connectivity index (χ0) is 23.1. The molecule has 0 unspecified atom stereocenters. The van der Waals surface area contributed by atoms with E-state index < -0.39 is 5.72 Å². The van der Waals surface area contributed by atoms with Crippen LogP contribution in [0.15, 0.2) is 82.4 Å². The summed E-state index contributed by atoms with van der Waals surface area (Å²) in [5, 5.41) is 7.48. The van der Waals surface area contributed by atoms with E-state index in [9.17, 15) is 0 Å². The average molecular weight is 518 g/mol. The van der Waals surface area contributed by atoms with Crippen molar-refractivity contribution in [3.63, 3.8) is 0 Å². The standard InChI is InChI=1S/C28H28BrN3O2/c1-33-23-9-5-8-21(16-23)25-18-26-24-17-22(29)10-11-27(24)34-28(32(26)30-25)12-14-31(15-13-28)19-20-6-3-2-4-7-20/h2-11,16-17,26H,12-15,18-19H2,1H3/t26-/m0/s1. The van der Waals surface area contributed by atoms with Gasteiger partial charge < -0.3 is 9.47 Å². The molecule has 0 aromatic heterocycles. The third kappa shape index (κ3) is 3.89. The molecule has 34 heavy (non-hydrogen) atoms. The highest BCUT2D eigenvalue weighted by Gasteiger charge is 2.51. The molecule has 6 rings (SSSR count). The second kappa shape index (κ2) is 8.75. The van der Waals surface area contributed by atoms with Gasteiger partial charge in [0.2, 0.25) is 5.72 Å². The Balaban J connectivity index is 1.31. The predicted molar refractivity (Wildman–Crippen MR) is 137 cm³/mol. The van der Waals surface area contributed by atoms with Crippen molar-refractivity contribution in [3.05, 3.63) is 94.0 Å². The number of hydrogen-bond acceptors (Lipinski definition) is 5. The lowest BCUT2D eigenvalue weighted by Crippen LogP contribution is -2.59. The van der Waals surface area contributed by atoms with Crippen molar-refractivity contribution in [2.45, 2.75) is 37.6 Å². The van der Waals surface area contributed by atoms with E-state index in [1.54, 1.807) is 7.11 Å². The van der Waals surface area contributed by atoms with Gasteiger partial charge in [-0.25, -0.2) is 5.01 Å². The van der Waals surface area contributed by atoms with Crippen LogP contribution in [0, 0.1) is 0 Å². The first kappa shape index (κ1) is 21.7. The maximum absolute atomic E-state index is 6.80. The third-order valence-electron chi connectivity index (χ3n) is 7.25. The highest BCUT2D eigenvalue weighted by molar-refractivity contribution is 9.10. The van der Waals surface area contributed by atoms with Crippen molar-refractivity contribution in [1.82, 2.24) is 9.91 Å². The van der Waals surface area contributed by atoms with E-state index in [0.29, 0.717) is 0 Å². The summed E-state index contributed by atoms with van der Waals surface area (Å²) >= 11 is 3.66. The van der Waals surface area contributed by atoms with Gasteiger partial charge in [-0.1, -0.05) is 58.4 Å². The normalized spacial score (nSPS) is 20.9. The largest absolute Gasteiger partial charge is 0.497 e. The number of ether oxygens (including phenoxy) is 2. The summed E-state index contributed by atoms with van der Waals surface area (Å²) in [6.45, 7) is 2.93. The molecule has 174 valence electrons. The first-order chi connectivity index (χ1) is 16.6. The van der Waals surface area contributed by atoms with Gasteiger partial charge in [-0.15, -0.1) is 0 Å². The minimum Gasteiger partial charge on any atom is -0.497 e. The monoisotopic (exact) mass is 517 g/mol. The Morgan fingerprint density at radius 2 is 1.85 bits per heavy atom. The lowest BCUT2D eigenvalue weighted by Gasteiger charge is -2.51. The highest BCUT2D eigenvalue weighted by atomic mass is 79.9. The average Bonchev–Trinajstić information content (AvgIpc) is 3.34. The Bertz CT molecular complexity index is 1220. The van der Waals surface area contributed by atoms with Gasteiger partial charge in [0.15, 0.2) is 0 Å². The summed E-state index contributed by atoms with van der Waals surface area (Å²) in [5.74, 6) is 1.84. The molecule has 0 radical (unpaired) electrons. The number of hydrazone groups is 1. The molecule has 1 saturated heterocycles. The van der Waals surface area contributed by atoms with Gasteiger partial charge in [0.05, 0.1) is 18.9 Å². The van der Waals surface area contributed by atoms with Crippen LogP contribution in [-0.2, 0) is 6.54 Å². The van der Waals surface area contributed by atoms with E-state index in [0.717, 1.165) is 66.1 Å². The number of hydrogen-bond donors (Lipinski definition) is 0. The zero-order valence-electron chi connectivity index (χ0n) is 19.3. The molecule has 3 aliphatic rings. The number of fused-ring (bicyclic) bond motifs is 4. The molecule has 3 aromatic rings. The molecule has 1 fully saturated rings. The van der Waals surface area contributed by atoms with Crippen molar-refractivity contribution in [3.8, 4) is 11.5 Å². The van der Waals surface area contributed by atoms with Crippen LogP contribution < -0.4 is 9.47 Å². The molecule has 0 saturated carbocycles. The van der Waals surface area contributed by atoms with Crippen LogP contribution in [0.3, 0.4) is 0 Å². The molecular weight excluding hydrogens is 490 g/mol. The summed E-state index contributed by atoms with van der Waals surface area (Å²) in [5.41, 5.74) is 4.34. The topological polar surface area (TPSA) is 37.3 Å². The molecule has 3 aromatic carbocycles. The summed E-state index contributed by atoms with van der Waals surface area (Å²) in [6.07, 6.45) is 2.69. The summed E-state index contributed by atoms with van der Waals surface area (Å²) in [4.78, 5) is 2.53. The van der Waals surface area contributed by atoms with Crippen LogP contribution in [0.5, 0.6) is 11.5 Å². The Labute approximate surface area is 209 Å². The number of nitrogens with zero attached hydrogens (tertiary/aromatic N) is 3. The van der Waals surface area contributed by atoms with E-state index in [2.05, 4.69) is 86.5 Å². The SMILES string of the molecule is COc1cccc(C2=NN3[C@@H](C2)c2cc(Br)ccc2OC32CCN(Cc3ccccc3)CC2)c1. The molecule has 0 amide bonds. The summed E-state index contributed by atoms with van der Waals surface area (Å²) in [6, 6.07) is 25.5. The van der Waals surface area contributed by atoms with E-state index >= 15 is 0 Å². The first-order valence-corrected chi connectivity index (χ1v) is 12.7. The molecule has 0 N–H and O–H groups in total. The molecule has 5 nitrogen and oxygen atoms in total. The van der Waals surface area contributed by atoms with Crippen molar-refractivity contribution in [1.29, 1.82) is 0 Å². The minimum absolute atomic E-state index is 0.170. The van der Waals surface area contributed by atoms with Gasteiger partial charge in [-0.05, 0) is 35.9 Å². The molecule has 1 spiro atoms. The predicted octanol–water partition coefficient (Wildman–Crippen LogP) is 5.99. The number of piperidine rings is 1. The molecule has 6 heteroatoms. The van der Waals surface area contributed by atoms with Crippen molar-refractivity contribution in [2.24, 2.45) is 5.10 Å². The van der Waals surface area contributed by atoms with Crippen LogP contribution in [0.2, 0.25) is 0 Å². The third-order valence-corrected chi connectivity index (χ3v) is 7.74. The fraction of sp³-hybridized carbons (Fsp3) is 0.321. The molecule has 3 heterocycles. The van der Waals surface area contributed by atoms with Gasteiger partial charge in [0.1, 0.15) is 11.5 Å². The fourth-order valence-corrected chi connectivity index (χ4v) is 5.84. The summed E-state index contributed by atoms with van der Waals surface area (Å²) < 4.78 is 13.3. The van der Waals surface area contributed by atoms with Crippen molar-refractivity contribution >= 4 is 21.6 Å². The maximum atomic E-state index is 6.80. The van der Waals surface area contributed by atoms with E-state index in [1.807, 2.05) is 12.1 Å². The number of methoxy groups -OCH3 is 1. The smallest absolute Gasteiger partial charge is 0.200 e. The minimum atomic E-state index is -0.417. The van der Waals surface area contributed by atoms with Crippen molar-refractivity contribution < 1.29 is 9.47 Å². The second-order valence-corrected chi connectivity index (χ2v) is 10.3. The lowest BCUT2D eigenvalue weighted by molar-refractivity contribution is -0.150. The Morgan fingerprint density at radius 1 is 1.03 bits per heavy atom. The van der Waals surface area contributed by atoms with Gasteiger partial charge in [0, 0.05) is 54.5 Å². The first-order valence-electron chi connectivity index (χ1n) is 11.9. The molecule has 1 atom stereocenters. The molecular formula is C28H28BrN3O2. The molecule has 3 aliphatic heterocycles. The number of likely N-dealkylation sites (tertiary alicyclic amines) is 1. The second-order valence-electron chi connectivity index (χ2n) is 9.34. The Kier molecular flexibility index (Phi) is 5.58. The number of halogens is 1. The van der Waals surface area contributed by atoms with Crippen LogP contribution in [0.25, 0.3) is 0 Å². The Hall–Kier alpha value is -2.83. The van der Waals surface area contributed by atoms with Gasteiger partial charge >= 0.3 is 0 Å². The van der Waals surface area contributed by atoms with Gasteiger partial charge in [-0.2, -0.15) is 5.10 Å². The molecule has 0 bridgehead atoms. The lowest BCUT2D eigenvalue weighted by atomic mass is 9.90. The van der Waals surface area contributed by atoms with E-state index in [4.69, 9.17) is 14.6 Å². The van der Waals surface area contributed by atoms with Crippen LogP contribution in [0.1, 0.15) is 42.0 Å². The maximum Gasteiger partial charge on any atom is 0.200 e. The quantitative estimate of drug-likeness (QED) is 0.425. The number of rotatable bonds is 4. The van der Waals surface area contributed by atoms with Crippen LogP contribution in [0.4, 0.5) is 0 Å². The van der Waals surface area contributed by atoms with Gasteiger partial charge in [-0.3, -0.25) is 4.90 Å². The number of benzene rings is 3. The highest BCUT2D eigenvalue weighted by Crippen LogP contribution is 2.50. The zero-order valence-corrected chi connectivity index (χ0v) is 20.9. The summed E-state index contributed by atoms with van der Waals surface area (Å²) in [7, 11) is 1.71. The van der Waals surface area contributed by atoms with Crippen LogP contribution >= 0.6 is 15.9 Å². The van der Waals surface area contributed by atoms with E-state index in [1.165, 1.54) is 11.1 Å². The fourth-order valence-electron chi connectivity index (χ4n) is 5.46. The van der Waals surface area contributed by atoms with E-state index in [-0.39, 0.29) is 6.04 Å². The van der Waals surface area contributed by atoms with Crippen LogP contribution in [-0.4, -0.2) is 41.5 Å². The molecule has 0 aliphatic carbocycles. The van der Waals surface area contributed by atoms with Crippen molar-refractivity contribution in [2.75, 3.05) is 20.2 Å².